The van der Waals surface area contributed by atoms with Crippen LogP contribution in [0.1, 0.15) is 11.1 Å². The first kappa shape index (κ1) is 17.2. The van der Waals surface area contributed by atoms with Crippen molar-refractivity contribution in [2.24, 2.45) is 0 Å². The van der Waals surface area contributed by atoms with Gasteiger partial charge in [-0.15, -0.1) is 0 Å². The molecule has 0 atom stereocenters. The number of nitrogens with zero attached hydrogens (tertiary/aromatic N) is 1. The maximum Gasteiger partial charge on any atom is 0.416 e. The number of hydrogen-bond donors (Lipinski definition) is 0. The number of benzene rings is 2. The first-order valence-electron chi connectivity index (χ1n) is 7.16. The third-order valence-electron chi connectivity index (χ3n) is 3.75. The van der Waals surface area contributed by atoms with Crippen LogP contribution < -0.4 is 0 Å². The Labute approximate surface area is 142 Å². The molecule has 0 amide bonds. The highest BCUT2D eigenvalue weighted by Crippen LogP contribution is 2.33. The van der Waals surface area contributed by atoms with Gasteiger partial charge in [-0.05, 0) is 30.3 Å². The Morgan fingerprint density at radius 2 is 1.60 bits per heavy atom. The minimum absolute atomic E-state index is 0.212. The lowest BCUT2D eigenvalue weighted by Gasteiger charge is -2.11. The number of hydrogen-bond acceptors (Lipinski definition) is 3. The molecule has 0 unspecified atom stereocenters. The molecule has 1 aromatic heterocycles. The number of rotatable bonds is 3. The highest BCUT2D eigenvalue weighted by molar-refractivity contribution is 8.00. The van der Waals surface area contributed by atoms with Crippen LogP contribution in [-0.2, 0) is 16.0 Å². The molecule has 0 N–H and O–H groups in total. The average molecular weight is 363 g/mol. The number of sulfone groups is 1. The summed E-state index contributed by atoms with van der Waals surface area (Å²) in [5, 5.41) is 0.740. The fourth-order valence-corrected chi connectivity index (χ4v) is 3.67. The summed E-state index contributed by atoms with van der Waals surface area (Å²) in [4.78, 5) is 3.72. The van der Waals surface area contributed by atoms with E-state index in [1.54, 1.807) is 30.3 Å². The fraction of sp³-hybridized carbons (Fsp3) is 0.0556. The second-order valence-electron chi connectivity index (χ2n) is 5.33. The zero-order valence-corrected chi connectivity index (χ0v) is 13.6. The lowest BCUT2D eigenvalue weighted by molar-refractivity contribution is -0.137. The molecule has 2 aromatic carbocycles. The molecule has 0 bridgehead atoms. The highest BCUT2D eigenvalue weighted by atomic mass is 32.2. The van der Waals surface area contributed by atoms with Crippen LogP contribution >= 0.6 is 0 Å². The lowest BCUT2D eigenvalue weighted by Crippen LogP contribution is -2.07. The van der Waals surface area contributed by atoms with Crippen molar-refractivity contribution in [3.63, 3.8) is 0 Å². The van der Waals surface area contributed by atoms with E-state index in [1.165, 1.54) is 6.20 Å². The normalized spacial score (nSPS) is 12.3. The van der Waals surface area contributed by atoms with Gasteiger partial charge in [-0.3, -0.25) is 4.98 Å². The Balaban J connectivity index is 2.06. The molecule has 0 radical (unpaired) electrons. The molecule has 3 rings (SSSR count). The van der Waals surface area contributed by atoms with Crippen molar-refractivity contribution in [2.45, 2.75) is 11.1 Å². The van der Waals surface area contributed by atoms with Crippen LogP contribution in [0.2, 0.25) is 0 Å². The van der Waals surface area contributed by atoms with E-state index in [0.717, 1.165) is 29.7 Å². The van der Waals surface area contributed by atoms with E-state index >= 15 is 0 Å². The van der Waals surface area contributed by atoms with Gasteiger partial charge in [0.25, 0.3) is 0 Å². The maximum atomic E-state index is 12.7. The Hall–Kier alpha value is -2.67. The summed E-state index contributed by atoms with van der Waals surface area (Å²) in [6.45, 7) is 3.64. The van der Waals surface area contributed by atoms with Crippen molar-refractivity contribution in [2.75, 3.05) is 0 Å². The highest BCUT2D eigenvalue weighted by Gasteiger charge is 2.31. The second-order valence-corrected chi connectivity index (χ2v) is 7.30. The first-order valence-corrected chi connectivity index (χ1v) is 8.65. The van der Waals surface area contributed by atoms with Gasteiger partial charge in [0.15, 0.2) is 0 Å². The van der Waals surface area contributed by atoms with Crippen LogP contribution in [0.3, 0.4) is 0 Å². The zero-order chi connectivity index (χ0) is 18.2. The topological polar surface area (TPSA) is 47.0 Å². The van der Waals surface area contributed by atoms with E-state index in [2.05, 4.69) is 11.6 Å². The quantitative estimate of drug-likeness (QED) is 0.678. The number of aromatic nitrogens is 1. The van der Waals surface area contributed by atoms with Crippen LogP contribution in [0.25, 0.3) is 15.8 Å². The van der Waals surface area contributed by atoms with Gasteiger partial charge in [0.05, 0.1) is 20.9 Å². The Morgan fingerprint density at radius 1 is 0.960 bits per heavy atom. The lowest BCUT2D eigenvalue weighted by atomic mass is 10.1. The smallest absolute Gasteiger partial charge is 0.256 e. The molecular weight excluding hydrogens is 351 g/mol. The van der Waals surface area contributed by atoms with Gasteiger partial charge >= 0.3 is 6.18 Å². The maximum absolute atomic E-state index is 12.7. The number of fused-ring (bicyclic) bond motifs is 1. The van der Waals surface area contributed by atoms with Gasteiger partial charge in [0.2, 0.25) is 9.84 Å². The molecule has 0 saturated carbocycles. The molecule has 7 heteroatoms. The molecule has 0 saturated heterocycles. The molecule has 0 fully saturated rings. The number of halogens is 3. The van der Waals surface area contributed by atoms with Gasteiger partial charge in [0.1, 0.15) is 0 Å². The predicted molar refractivity (Wildman–Crippen MR) is 89.4 cm³/mol. The molecule has 0 aliphatic heterocycles. The Morgan fingerprint density at radius 3 is 2.24 bits per heavy atom. The summed E-state index contributed by atoms with van der Waals surface area (Å²) in [5.41, 5.74) is -0.132. The van der Waals surface area contributed by atoms with Crippen molar-refractivity contribution in [3.05, 3.63) is 78.5 Å². The van der Waals surface area contributed by atoms with Crippen LogP contribution in [-0.4, -0.2) is 13.4 Å². The van der Waals surface area contributed by atoms with Crippen molar-refractivity contribution in [1.29, 1.82) is 0 Å². The number of para-hydroxylation sites is 1. The predicted octanol–water partition coefficient (Wildman–Crippen LogP) is 4.70. The molecular formula is C18H12F3NO2S. The first-order chi connectivity index (χ1) is 11.7. The van der Waals surface area contributed by atoms with Crippen LogP contribution in [0.15, 0.2) is 72.3 Å². The Kier molecular flexibility index (Phi) is 4.12. The minimum Gasteiger partial charge on any atom is -0.256 e. The molecule has 1 heterocycles. The van der Waals surface area contributed by atoms with Crippen molar-refractivity contribution >= 4 is 25.6 Å². The average Bonchev–Trinajstić information content (AvgIpc) is 2.60. The Bertz CT molecular complexity index is 1050. The van der Waals surface area contributed by atoms with Gasteiger partial charge in [-0.2, -0.15) is 13.2 Å². The van der Waals surface area contributed by atoms with Crippen LogP contribution in [0.5, 0.6) is 0 Å². The zero-order valence-electron chi connectivity index (χ0n) is 12.8. The summed E-state index contributed by atoms with van der Waals surface area (Å²) >= 11 is 0. The van der Waals surface area contributed by atoms with Gasteiger partial charge in [-0.1, -0.05) is 30.8 Å². The summed E-state index contributed by atoms with van der Waals surface area (Å²) in [5.74, 6) is 0. The van der Waals surface area contributed by atoms with E-state index in [9.17, 15) is 21.6 Å². The largest absolute Gasteiger partial charge is 0.416 e. The minimum atomic E-state index is -4.53. The SMILES string of the molecule is C=C(c1cccc2cccnc12)S(=O)(=O)c1ccc(C(F)(F)F)cc1. The van der Waals surface area contributed by atoms with E-state index in [0.29, 0.717) is 11.1 Å². The molecule has 0 aliphatic carbocycles. The second kappa shape index (κ2) is 6.00. The summed E-state index contributed by atoms with van der Waals surface area (Å²) in [7, 11) is -4.05. The third-order valence-corrected chi connectivity index (χ3v) is 5.51. The molecule has 3 nitrogen and oxygen atoms in total. The van der Waals surface area contributed by atoms with Crippen LogP contribution in [0, 0.1) is 0 Å². The van der Waals surface area contributed by atoms with E-state index < -0.39 is 21.6 Å². The molecule has 0 spiro atoms. The summed E-state index contributed by atoms with van der Waals surface area (Å²) < 4.78 is 63.4. The fourth-order valence-electron chi connectivity index (χ4n) is 2.44. The van der Waals surface area contributed by atoms with Crippen molar-refractivity contribution in [1.82, 2.24) is 4.98 Å². The van der Waals surface area contributed by atoms with Crippen LogP contribution in [0.4, 0.5) is 13.2 Å². The third kappa shape index (κ3) is 3.15. The molecule has 128 valence electrons. The van der Waals surface area contributed by atoms with Crippen molar-refractivity contribution < 1.29 is 21.6 Å². The number of pyridine rings is 1. The molecule has 0 aliphatic rings. The standard InChI is InChI=1S/C18H12F3NO2S/c1-12(16-6-2-4-13-5-3-11-22-17(13)16)25(23,24)15-9-7-14(8-10-15)18(19,20)21/h2-11H,1H2. The summed E-state index contributed by atoms with van der Waals surface area (Å²) in [6.07, 6.45) is -3.00. The molecule has 25 heavy (non-hydrogen) atoms. The van der Waals surface area contributed by atoms with Gasteiger partial charge in [-0.25, -0.2) is 8.42 Å². The molecule has 3 aromatic rings. The van der Waals surface area contributed by atoms with E-state index in [4.69, 9.17) is 0 Å². The number of alkyl halides is 3. The van der Waals surface area contributed by atoms with Gasteiger partial charge in [0, 0.05) is 17.1 Å². The van der Waals surface area contributed by atoms with E-state index in [1.807, 2.05) is 0 Å². The summed E-state index contributed by atoms with van der Waals surface area (Å²) in [6, 6.07) is 11.9. The van der Waals surface area contributed by atoms with Crippen molar-refractivity contribution in [3.8, 4) is 0 Å². The van der Waals surface area contributed by atoms with Gasteiger partial charge < -0.3 is 0 Å². The van der Waals surface area contributed by atoms with E-state index in [-0.39, 0.29) is 9.80 Å². The monoisotopic (exact) mass is 363 g/mol.